The molecule has 0 aromatic carbocycles. The first kappa shape index (κ1) is 17.6. The summed E-state index contributed by atoms with van der Waals surface area (Å²) >= 11 is 2.52. The second-order valence-corrected chi connectivity index (χ2v) is 7.42. The van der Waals surface area contributed by atoms with E-state index in [4.69, 9.17) is 4.42 Å². The largest absolute Gasteiger partial charge is 0.463 e. The third-order valence-electron chi connectivity index (χ3n) is 3.77. The maximum atomic E-state index is 12.7. The van der Waals surface area contributed by atoms with Gasteiger partial charge in [0.05, 0.1) is 17.7 Å². The van der Waals surface area contributed by atoms with Crippen LogP contribution in [0.1, 0.15) is 34.4 Å². The Morgan fingerprint density at radius 3 is 3.07 bits per heavy atom. The molecule has 27 heavy (non-hydrogen) atoms. The minimum atomic E-state index is -0.239. The lowest BCUT2D eigenvalue weighted by Gasteiger charge is -2.06. The SMILES string of the molecule is CCCc1nnsc1C(=O)Nc1cc(C)nn1-c1nc(-c2ccco2)cs1. The zero-order valence-corrected chi connectivity index (χ0v) is 16.3. The second-order valence-electron chi connectivity index (χ2n) is 5.83. The maximum Gasteiger partial charge on any atom is 0.270 e. The molecule has 8 nitrogen and oxygen atoms in total. The molecule has 0 radical (unpaired) electrons. The molecule has 10 heteroatoms. The highest BCUT2D eigenvalue weighted by atomic mass is 32.1. The molecule has 0 aliphatic heterocycles. The molecule has 4 rings (SSSR count). The fourth-order valence-electron chi connectivity index (χ4n) is 2.59. The number of amides is 1. The van der Waals surface area contributed by atoms with Gasteiger partial charge in [-0.05, 0) is 37.0 Å². The van der Waals surface area contributed by atoms with Crippen LogP contribution in [0.3, 0.4) is 0 Å². The van der Waals surface area contributed by atoms with Crippen molar-refractivity contribution in [2.75, 3.05) is 5.32 Å². The first-order valence-electron chi connectivity index (χ1n) is 8.34. The van der Waals surface area contributed by atoms with Gasteiger partial charge >= 0.3 is 0 Å². The van der Waals surface area contributed by atoms with Crippen LogP contribution in [0.25, 0.3) is 16.6 Å². The summed E-state index contributed by atoms with van der Waals surface area (Å²) in [6.45, 7) is 3.91. The number of aryl methyl sites for hydroxylation is 2. The lowest BCUT2D eigenvalue weighted by Crippen LogP contribution is -2.15. The van der Waals surface area contributed by atoms with Crippen molar-refractivity contribution >= 4 is 34.6 Å². The molecule has 138 valence electrons. The van der Waals surface area contributed by atoms with Crippen LogP contribution in [0, 0.1) is 6.92 Å². The van der Waals surface area contributed by atoms with Crippen LogP contribution >= 0.6 is 22.9 Å². The fourth-order valence-corrected chi connectivity index (χ4v) is 3.97. The highest BCUT2D eigenvalue weighted by Gasteiger charge is 2.19. The van der Waals surface area contributed by atoms with Gasteiger partial charge in [-0.3, -0.25) is 4.79 Å². The maximum absolute atomic E-state index is 12.7. The molecular formula is C17H16N6O2S2. The molecule has 4 aromatic rings. The monoisotopic (exact) mass is 400 g/mol. The summed E-state index contributed by atoms with van der Waals surface area (Å²) in [4.78, 5) is 17.8. The number of hydrogen-bond acceptors (Lipinski definition) is 8. The van der Waals surface area contributed by atoms with Gasteiger partial charge in [0.25, 0.3) is 5.91 Å². The highest BCUT2D eigenvalue weighted by molar-refractivity contribution is 7.12. The van der Waals surface area contributed by atoms with E-state index in [2.05, 4.69) is 25.0 Å². The van der Waals surface area contributed by atoms with Gasteiger partial charge in [-0.2, -0.15) is 9.78 Å². The first-order valence-corrected chi connectivity index (χ1v) is 10.00. The van der Waals surface area contributed by atoms with Gasteiger partial charge in [0.2, 0.25) is 5.13 Å². The molecule has 0 saturated heterocycles. The third-order valence-corrected chi connectivity index (χ3v) is 5.35. The normalized spacial score (nSPS) is 11.0. The molecule has 0 unspecified atom stereocenters. The van der Waals surface area contributed by atoms with Crippen molar-refractivity contribution in [2.24, 2.45) is 0 Å². The Labute approximate surface area is 163 Å². The molecule has 0 aliphatic carbocycles. The molecule has 0 bridgehead atoms. The number of nitrogens with one attached hydrogen (secondary N) is 1. The van der Waals surface area contributed by atoms with Crippen molar-refractivity contribution in [1.29, 1.82) is 0 Å². The van der Waals surface area contributed by atoms with Crippen LogP contribution in [0.4, 0.5) is 5.82 Å². The van der Waals surface area contributed by atoms with E-state index < -0.39 is 0 Å². The number of aromatic nitrogens is 5. The molecule has 1 N–H and O–H groups in total. The average molecular weight is 400 g/mol. The van der Waals surface area contributed by atoms with Crippen LogP contribution in [0.2, 0.25) is 0 Å². The topological polar surface area (TPSA) is 98.7 Å². The predicted molar refractivity (Wildman–Crippen MR) is 104 cm³/mol. The fraction of sp³-hybridized carbons (Fsp3) is 0.235. The average Bonchev–Trinajstić information content (AvgIpc) is 3.42. The standard InChI is InChI=1S/C17H16N6O2S2/c1-3-5-11-15(27-22-20-11)16(24)19-14-8-10(2)21-23(14)17-18-12(9-26-17)13-6-4-7-25-13/h4,6-9H,3,5H2,1-2H3,(H,19,24). The molecule has 0 fully saturated rings. The van der Waals surface area contributed by atoms with E-state index in [1.165, 1.54) is 11.3 Å². The summed E-state index contributed by atoms with van der Waals surface area (Å²) in [6, 6.07) is 5.47. The van der Waals surface area contributed by atoms with Gasteiger partial charge in [0, 0.05) is 11.4 Å². The summed E-state index contributed by atoms with van der Waals surface area (Å²) in [5, 5.41) is 14.0. The first-order chi connectivity index (χ1) is 13.2. The minimum Gasteiger partial charge on any atom is -0.463 e. The lowest BCUT2D eigenvalue weighted by atomic mass is 10.2. The van der Waals surface area contributed by atoms with E-state index >= 15 is 0 Å². The molecule has 4 heterocycles. The Balaban J connectivity index is 1.62. The van der Waals surface area contributed by atoms with Crippen LogP contribution < -0.4 is 5.32 Å². The molecular weight excluding hydrogens is 384 g/mol. The number of carbonyl (C=O) groups is 1. The quantitative estimate of drug-likeness (QED) is 0.526. The molecule has 4 aromatic heterocycles. The van der Waals surface area contributed by atoms with E-state index in [0.717, 1.165) is 41.5 Å². The van der Waals surface area contributed by atoms with Gasteiger partial charge < -0.3 is 9.73 Å². The van der Waals surface area contributed by atoms with Gasteiger partial charge in [0.1, 0.15) is 16.4 Å². The van der Waals surface area contributed by atoms with Crippen LogP contribution in [-0.4, -0.2) is 30.3 Å². The van der Waals surface area contributed by atoms with Gasteiger partial charge in [-0.25, -0.2) is 4.98 Å². The van der Waals surface area contributed by atoms with Crippen molar-refractivity contribution < 1.29 is 9.21 Å². The second kappa shape index (κ2) is 7.41. The van der Waals surface area contributed by atoms with Crippen molar-refractivity contribution in [3.63, 3.8) is 0 Å². The van der Waals surface area contributed by atoms with E-state index in [1.807, 2.05) is 31.4 Å². The number of rotatable bonds is 6. The predicted octanol–water partition coefficient (Wildman–Crippen LogP) is 3.95. The Morgan fingerprint density at radius 2 is 2.30 bits per heavy atom. The third kappa shape index (κ3) is 3.53. The van der Waals surface area contributed by atoms with E-state index in [0.29, 0.717) is 21.6 Å². The van der Waals surface area contributed by atoms with E-state index in [-0.39, 0.29) is 5.91 Å². The Hall–Kier alpha value is -2.85. The number of carbonyl (C=O) groups excluding carboxylic acids is 1. The Kier molecular flexibility index (Phi) is 4.82. The van der Waals surface area contributed by atoms with Crippen LogP contribution in [-0.2, 0) is 6.42 Å². The summed E-state index contributed by atoms with van der Waals surface area (Å²) < 4.78 is 10.9. The Morgan fingerprint density at radius 1 is 1.41 bits per heavy atom. The summed E-state index contributed by atoms with van der Waals surface area (Å²) in [6.07, 6.45) is 3.23. The van der Waals surface area contributed by atoms with Crippen molar-refractivity contribution in [1.82, 2.24) is 24.4 Å². The molecule has 1 amide bonds. The van der Waals surface area contributed by atoms with Gasteiger partial charge in [0.15, 0.2) is 5.76 Å². The summed E-state index contributed by atoms with van der Waals surface area (Å²) in [7, 11) is 0. The molecule has 0 spiro atoms. The molecule has 0 atom stereocenters. The Bertz CT molecular complexity index is 1060. The zero-order valence-electron chi connectivity index (χ0n) is 14.7. The number of anilines is 1. The zero-order chi connectivity index (χ0) is 18.8. The van der Waals surface area contributed by atoms with E-state index in [1.54, 1.807) is 17.0 Å². The van der Waals surface area contributed by atoms with Crippen molar-refractivity contribution in [2.45, 2.75) is 26.7 Å². The molecule has 0 aliphatic rings. The summed E-state index contributed by atoms with van der Waals surface area (Å²) in [5.41, 5.74) is 2.22. The number of thiazole rings is 1. The van der Waals surface area contributed by atoms with E-state index in [9.17, 15) is 4.79 Å². The molecule has 0 saturated carbocycles. The van der Waals surface area contributed by atoms with Crippen molar-refractivity contribution in [3.8, 4) is 16.6 Å². The minimum absolute atomic E-state index is 0.239. The van der Waals surface area contributed by atoms with Crippen LogP contribution in [0.5, 0.6) is 0 Å². The number of nitrogens with zero attached hydrogens (tertiary/aromatic N) is 5. The smallest absolute Gasteiger partial charge is 0.270 e. The van der Waals surface area contributed by atoms with Crippen LogP contribution in [0.15, 0.2) is 34.3 Å². The number of hydrogen-bond donors (Lipinski definition) is 1. The summed E-state index contributed by atoms with van der Waals surface area (Å²) in [5.74, 6) is 0.998. The van der Waals surface area contributed by atoms with Gasteiger partial charge in [-0.1, -0.05) is 17.8 Å². The number of furan rings is 1. The lowest BCUT2D eigenvalue weighted by molar-refractivity contribution is 0.102. The van der Waals surface area contributed by atoms with Gasteiger partial charge in [-0.15, -0.1) is 16.4 Å². The van der Waals surface area contributed by atoms with Crippen molar-refractivity contribution in [3.05, 3.63) is 46.1 Å². The highest BCUT2D eigenvalue weighted by Crippen LogP contribution is 2.27.